The van der Waals surface area contributed by atoms with Crippen molar-refractivity contribution in [3.63, 3.8) is 0 Å². The summed E-state index contributed by atoms with van der Waals surface area (Å²) in [5.41, 5.74) is 4.40. The SMILES string of the molecule is FC(F)(F)c1ccc(N/N=C/c2ccc(OCc3ccc(Br)cc3)c(I)c2)cc1. The van der Waals surface area contributed by atoms with E-state index >= 15 is 0 Å². The first-order valence-electron chi connectivity index (χ1n) is 8.44. The van der Waals surface area contributed by atoms with Crippen LogP contribution in [0.15, 0.2) is 76.3 Å². The molecule has 0 saturated heterocycles. The first-order valence-corrected chi connectivity index (χ1v) is 10.3. The third-order valence-corrected chi connectivity index (χ3v) is 5.25. The Morgan fingerprint density at radius 3 is 2.31 bits per heavy atom. The molecule has 3 aromatic carbocycles. The van der Waals surface area contributed by atoms with Crippen molar-refractivity contribution in [2.75, 3.05) is 5.43 Å². The molecule has 0 spiro atoms. The summed E-state index contributed by atoms with van der Waals surface area (Å²) in [6, 6.07) is 18.2. The molecule has 0 bridgehead atoms. The smallest absolute Gasteiger partial charge is 0.416 e. The van der Waals surface area contributed by atoms with E-state index in [-0.39, 0.29) is 0 Å². The maximum atomic E-state index is 12.6. The van der Waals surface area contributed by atoms with Crippen LogP contribution in [0.25, 0.3) is 0 Å². The minimum atomic E-state index is -4.35. The molecule has 0 aliphatic carbocycles. The fourth-order valence-corrected chi connectivity index (χ4v) is 3.33. The summed E-state index contributed by atoms with van der Waals surface area (Å²) in [4.78, 5) is 0. The second kappa shape index (κ2) is 9.62. The molecule has 0 aromatic heterocycles. The summed E-state index contributed by atoms with van der Waals surface area (Å²) in [7, 11) is 0. The van der Waals surface area contributed by atoms with Crippen molar-refractivity contribution in [2.24, 2.45) is 5.10 Å². The number of halogens is 5. The predicted octanol–water partition coefficient (Wildman–Crippen LogP) is 7.10. The normalized spacial score (nSPS) is 11.6. The molecule has 3 aromatic rings. The van der Waals surface area contributed by atoms with Crippen molar-refractivity contribution in [1.29, 1.82) is 0 Å². The van der Waals surface area contributed by atoms with Crippen LogP contribution in [0.3, 0.4) is 0 Å². The number of nitrogens with one attached hydrogen (secondary N) is 1. The molecule has 0 saturated carbocycles. The Hall–Kier alpha value is -2.07. The van der Waals surface area contributed by atoms with E-state index in [1.807, 2.05) is 42.5 Å². The van der Waals surface area contributed by atoms with E-state index < -0.39 is 11.7 Å². The van der Waals surface area contributed by atoms with Crippen LogP contribution in [-0.2, 0) is 12.8 Å². The number of alkyl halides is 3. The number of hydrazone groups is 1. The summed E-state index contributed by atoms with van der Waals surface area (Å²) >= 11 is 5.59. The lowest BCUT2D eigenvalue weighted by Crippen LogP contribution is -2.04. The van der Waals surface area contributed by atoms with Crippen LogP contribution in [0.1, 0.15) is 16.7 Å². The van der Waals surface area contributed by atoms with Crippen LogP contribution in [0.2, 0.25) is 0 Å². The Labute approximate surface area is 188 Å². The second-order valence-corrected chi connectivity index (χ2v) is 8.13. The average molecular weight is 575 g/mol. The summed E-state index contributed by atoms with van der Waals surface area (Å²) < 4.78 is 45.5. The molecule has 3 rings (SSSR count). The molecule has 0 radical (unpaired) electrons. The van der Waals surface area contributed by atoms with E-state index in [1.165, 1.54) is 12.1 Å². The number of benzene rings is 3. The zero-order valence-electron chi connectivity index (χ0n) is 14.9. The van der Waals surface area contributed by atoms with Gasteiger partial charge in [-0.3, -0.25) is 5.43 Å². The Morgan fingerprint density at radius 1 is 1.00 bits per heavy atom. The number of ether oxygens (including phenoxy) is 1. The summed E-state index contributed by atoms with van der Waals surface area (Å²) in [6.07, 6.45) is -2.75. The van der Waals surface area contributed by atoms with Crippen molar-refractivity contribution < 1.29 is 17.9 Å². The van der Waals surface area contributed by atoms with E-state index in [4.69, 9.17) is 4.74 Å². The Kier molecular flexibility index (Phi) is 7.18. The minimum Gasteiger partial charge on any atom is -0.488 e. The van der Waals surface area contributed by atoms with Crippen LogP contribution >= 0.6 is 38.5 Å². The molecule has 0 unspecified atom stereocenters. The molecular weight excluding hydrogens is 560 g/mol. The Morgan fingerprint density at radius 2 is 1.69 bits per heavy atom. The number of hydrogen-bond donors (Lipinski definition) is 1. The second-order valence-electron chi connectivity index (χ2n) is 6.05. The lowest BCUT2D eigenvalue weighted by atomic mass is 10.2. The van der Waals surface area contributed by atoms with E-state index in [0.29, 0.717) is 12.3 Å². The van der Waals surface area contributed by atoms with Gasteiger partial charge in [-0.25, -0.2) is 0 Å². The molecule has 0 fully saturated rings. The van der Waals surface area contributed by atoms with Gasteiger partial charge in [0.25, 0.3) is 0 Å². The largest absolute Gasteiger partial charge is 0.488 e. The van der Waals surface area contributed by atoms with Gasteiger partial charge in [0.05, 0.1) is 21.0 Å². The fourth-order valence-electron chi connectivity index (χ4n) is 2.37. The van der Waals surface area contributed by atoms with Gasteiger partial charge < -0.3 is 4.74 Å². The van der Waals surface area contributed by atoms with Crippen molar-refractivity contribution in [3.05, 3.63) is 91.5 Å². The van der Waals surface area contributed by atoms with Gasteiger partial charge in [-0.2, -0.15) is 18.3 Å². The van der Waals surface area contributed by atoms with Crippen LogP contribution < -0.4 is 10.2 Å². The van der Waals surface area contributed by atoms with Gasteiger partial charge in [-0.1, -0.05) is 28.1 Å². The van der Waals surface area contributed by atoms with Crippen LogP contribution in [0.5, 0.6) is 5.75 Å². The van der Waals surface area contributed by atoms with E-state index in [1.54, 1.807) is 6.21 Å². The van der Waals surface area contributed by atoms with E-state index in [9.17, 15) is 13.2 Å². The predicted molar refractivity (Wildman–Crippen MR) is 120 cm³/mol. The summed E-state index contributed by atoms with van der Waals surface area (Å²) in [5.74, 6) is 0.765. The Bertz CT molecular complexity index is 990. The third-order valence-electron chi connectivity index (χ3n) is 3.88. The van der Waals surface area contributed by atoms with Gasteiger partial charge in [0.2, 0.25) is 0 Å². The molecule has 1 N–H and O–H groups in total. The lowest BCUT2D eigenvalue weighted by Gasteiger charge is -2.09. The van der Waals surface area contributed by atoms with Gasteiger partial charge in [-0.15, -0.1) is 0 Å². The molecule has 0 aliphatic heterocycles. The number of hydrogen-bond acceptors (Lipinski definition) is 3. The highest BCUT2D eigenvalue weighted by Crippen LogP contribution is 2.29. The standard InChI is InChI=1S/C21H15BrF3IN2O/c22-17-6-1-14(2-7-17)13-29-20-10-3-15(11-19(20)26)12-27-28-18-8-4-16(5-9-18)21(23,24)25/h1-12,28H,13H2/b27-12+. The third kappa shape index (κ3) is 6.46. The van der Waals surface area contributed by atoms with Gasteiger partial charge in [0, 0.05) is 4.47 Å². The van der Waals surface area contributed by atoms with Crippen molar-refractivity contribution in [2.45, 2.75) is 12.8 Å². The van der Waals surface area contributed by atoms with Crippen molar-refractivity contribution in [1.82, 2.24) is 0 Å². The van der Waals surface area contributed by atoms with E-state index in [2.05, 4.69) is 49.0 Å². The number of anilines is 1. The Balaban J connectivity index is 1.57. The minimum absolute atomic E-state index is 0.464. The molecule has 150 valence electrons. The van der Waals surface area contributed by atoms with Gasteiger partial charge >= 0.3 is 6.18 Å². The molecule has 29 heavy (non-hydrogen) atoms. The molecule has 3 nitrogen and oxygen atoms in total. The first-order chi connectivity index (χ1) is 13.8. The number of rotatable bonds is 6. The summed E-state index contributed by atoms with van der Waals surface area (Å²) in [5, 5.41) is 4.07. The molecular formula is C21H15BrF3IN2O. The van der Waals surface area contributed by atoms with Gasteiger partial charge in [-0.05, 0) is 88.3 Å². The molecule has 0 amide bonds. The molecule has 0 aliphatic rings. The monoisotopic (exact) mass is 574 g/mol. The zero-order chi connectivity index (χ0) is 20.9. The van der Waals surface area contributed by atoms with Crippen LogP contribution in [0.4, 0.5) is 18.9 Å². The quantitative estimate of drug-likeness (QED) is 0.194. The highest BCUT2D eigenvalue weighted by Gasteiger charge is 2.29. The van der Waals surface area contributed by atoms with Crippen LogP contribution in [0, 0.1) is 3.57 Å². The molecule has 8 heteroatoms. The van der Waals surface area contributed by atoms with Gasteiger partial charge in [0.15, 0.2) is 0 Å². The topological polar surface area (TPSA) is 33.6 Å². The molecule has 0 atom stereocenters. The van der Waals surface area contributed by atoms with Crippen molar-refractivity contribution in [3.8, 4) is 5.75 Å². The first kappa shape index (κ1) is 21.6. The highest BCUT2D eigenvalue weighted by atomic mass is 127. The average Bonchev–Trinajstić information content (AvgIpc) is 2.68. The van der Waals surface area contributed by atoms with Gasteiger partial charge in [0.1, 0.15) is 12.4 Å². The highest BCUT2D eigenvalue weighted by molar-refractivity contribution is 14.1. The maximum Gasteiger partial charge on any atom is 0.416 e. The lowest BCUT2D eigenvalue weighted by molar-refractivity contribution is -0.137. The molecule has 0 heterocycles. The zero-order valence-corrected chi connectivity index (χ0v) is 18.6. The summed E-state index contributed by atoms with van der Waals surface area (Å²) in [6.45, 7) is 0.464. The number of nitrogens with zero attached hydrogens (tertiary/aromatic N) is 1. The van der Waals surface area contributed by atoms with Crippen molar-refractivity contribution >= 4 is 50.4 Å². The maximum absolute atomic E-state index is 12.6. The van der Waals surface area contributed by atoms with Crippen LogP contribution in [-0.4, -0.2) is 6.21 Å². The van der Waals surface area contributed by atoms with E-state index in [0.717, 1.165) is 37.1 Å². The fraction of sp³-hybridized carbons (Fsp3) is 0.0952.